The summed E-state index contributed by atoms with van der Waals surface area (Å²) in [5.74, 6) is 0. The molecule has 2 aromatic heterocycles. The largest absolute Gasteiger partial charge is 0.345 e. The van der Waals surface area contributed by atoms with Crippen LogP contribution in [0.3, 0.4) is 0 Å². The van der Waals surface area contributed by atoms with Gasteiger partial charge in [0.2, 0.25) is 0 Å². The smallest absolute Gasteiger partial charge is 0.197 e. The second kappa shape index (κ2) is 5.95. The van der Waals surface area contributed by atoms with Gasteiger partial charge in [0, 0.05) is 17.8 Å². The van der Waals surface area contributed by atoms with Crippen LogP contribution in [-0.2, 0) is 7.05 Å². The number of fused-ring (bicyclic) bond motifs is 3. The lowest BCUT2D eigenvalue weighted by Crippen LogP contribution is -2.08. The maximum Gasteiger partial charge on any atom is 0.197 e. The van der Waals surface area contributed by atoms with Crippen LogP contribution in [-0.4, -0.2) is 14.5 Å². The molecule has 0 amide bonds. The molecule has 0 radical (unpaired) electrons. The van der Waals surface area contributed by atoms with Crippen LogP contribution < -0.4 is 5.43 Å². The first kappa shape index (κ1) is 15.6. The molecule has 4 heteroatoms. The molecule has 0 aliphatic carbocycles. The van der Waals surface area contributed by atoms with Gasteiger partial charge in [0.25, 0.3) is 0 Å². The van der Waals surface area contributed by atoms with Gasteiger partial charge in [-0.25, -0.2) is 4.98 Å². The van der Waals surface area contributed by atoms with Gasteiger partial charge in [0.15, 0.2) is 5.43 Å². The van der Waals surface area contributed by atoms with E-state index in [0.717, 1.165) is 44.0 Å². The molecule has 5 rings (SSSR count). The molecule has 5 aromatic rings. The fourth-order valence-corrected chi connectivity index (χ4v) is 3.60. The Morgan fingerprint density at radius 1 is 0.889 bits per heavy atom. The Labute approximate surface area is 155 Å². The summed E-state index contributed by atoms with van der Waals surface area (Å²) in [6, 6.07) is 19.8. The first-order chi connectivity index (χ1) is 13.2. The fraction of sp³-hybridized carbons (Fsp3) is 0.0435. The zero-order valence-corrected chi connectivity index (χ0v) is 14.8. The highest BCUT2D eigenvalue weighted by Crippen LogP contribution is 2.21. The van der Waals surface area contributed by atoms with E-state index in [1.54, 1.807) is 6.33 Å². The highest BCUT2D eigenvalue weighted by molar-refractivity contribution is 5.94. The number of hydrogen-bond acceptors (Lipinski definition) is 2. The van der Waals surface area contributed by atoms with Gasteiger partial charge in [-0.1, -0.05) is 36.4 Å². The van der Waals surface area contributed by atoms with Gasteiger partial charge in [-0.05, 0) is 47.5 Å². The Bertz CT molecular complexity index is 1410. The molecule has 0 unspecified atom stereocenters. The van der Waals surface area contributed by atoms with Crippen molar-refractivity contribution in [2.24, 2.45) is 7.05 Å². The Kier molecular flexibility index (Phi) is 3.44. The van der Waals surface area contributed by atoms with E-state index in [4.69, 9.17) is 0 Å². The van der Waals surface area contributed by atoms with Crippen molar-refractivity contribution < 1.29 is 0 Å². The molecule has 4 nitrogen and oxygen atoms in total. The Hall–Kier alpha value is -3.66. The van der Waals surface area contributed by atoms with Crippen LogP contribution in [0.5, 0.6) is 0 Å². The van der Waals surface area contributed by atoms with Crippen LogP contribution in [0.25, 0.3) is 45.0 Å². The highest BCUT2D eigenvalue weighted by Gasteiger charge is 2.08. The molecule has 0 saturated heterocycles. The van der Waals surface area contributed by atoms with Gasteiger partial charge in [-0.3, -0.25) is 4.79 Å². The number of hydrogen-bond donors (Lipinski definition) is 1. The summed E-state index contributed by atoms with van der Waals surface area (Å²) in [6.45, 7) is 0. The van der Waals surface area contributed by atoms with Crippen LogP contribution in [0.15, 0.2) is 71.8 Å². The molecular formula is C23H17N3O. The summed E-state index contributed by atoms with van der Waals surface area (Å²) in [6.07, 6.45) is 5.84. The van der Waals surface area contributed by atoms with E-state index in [0.29, 0.717) is 0 Å². The number of aryl methyl sites for hydroxylation is 1. The predicted octanol–water partition coefficient (Wildman–Crippen LogP) is 4.74. The van der Waals surface area contributed by atoms with Crippen molar-refractivity contribution in [2.75, 3.05) is 0 Å². The summed E-state index contributed by atoms with van der Waals surface area (Å²) in [4.78, 5) is 20.2. The Morgan fingerprint density at radius 3 is 2.52 bits per heavy atom. The van der Waals surface area contributed by atoms with Gasteiger partial charge in [-0.15, -0.1) is 0 Å². The number of aromatic amines is 1. The summed E-state index contributed by atoms with van der Waals surface area (Å²) in [7, 11) is 2.00. The zero-order chi connectivity index (χ0) is 18.4. The summed E-state index contributed by atoms with van der Waals surface area (Å²) < 4.78 is 2.08. The molecular weight excluding hydrogens is 334 g/mol. The number of rotatable bonds is 2. The minimum absolute atomic E-state index is 0.0823. The lowest BCUT2D eigenvalue weighted by molar-refractivity contribution is 1.00. The van der Waals surface area contributed by atoms with Crippen molar-refractivity contribution in [3.63, 3.8) is 0 Å². The van der Waals surface area contributed by atoms with Crippen molar-refractivity contribution >= 4 is 45.0 Å². The monoisotopic (exact) mass is 351 g/mol. The van der Waals surface area contributed by atoms with Crippen molar-refractivity contribution in [2.45, 2.75) is 0 Å². The third-order valence-corrected chi connectivity index (χ3v) is 5.05. The second-order valence-corrected chi connectivity index (χ2v) is 6.69. The normalized spacial score (nSPS) is 11.9. The SMILES string of the molecule is Cn1c2ccccc2c(=O)c2ccc(C=Cc3ccc4nc[nH]c4c3)cc21. The fourth-order valence-electron chi connectivity index (χ4n) is 3.60. The summed E-state index contributed by atoms with van der Waals surface area (Å²) in [5, 5.41) is 1.50. The number of nitrogens with zero attached hydrogens (tertiary/aromatic N) is 2. The van der Waals surface area contributed by atoms with Gasteiger partial charge in [0.1, 0.15) is 0 Å². The number of para-hydroxylation sites is 1. The molecule has 0 spiro atoms. The van der Waals surface area contributed by atoms with E-state index in [9.17, 15) is 4.79 Å². The third-order valence-electron chi connectivity index (χ3n) is 5.05. The van der Waals surface area contributed by atoms with Crippen molar-refractivity contribution in [3.8, 4) is 0 Å². The topological polar surface area (TPSA) is 50.7 Å². The van der Waals surface area contributed by atoms with Crippen molar-refractivity contribution in [3.05, 3.63) is 88.3 Å². The number of H-pyrrole nitrogens is 1. The van der Waals surface area contributed by atoms with Gasteiger partial charge < -0.3 is 9.55 Å². The lowest BCUT2D eigenvalue weighted by atomic mass is 10.1. The lowest BCUT2D eigenvalue weighted by Gasteiger charge is -2.10. The first-order valence-electron chi connectivity index (χ1n) is 8.83. The molecule has 3 aromatic carbocycles. The molecule has 0 atom stereocenters. The quantitative estimate of drug-likeness (QED) is 0.369. The maximum absolute atomic E-state index is 12.8. The van der Waals surface area contributed by atoms with Crippen LogP contribution in [0.1, 0.15) is 11.1 Å². The number of benzene rings is 3. The zero-order valence-electron chi connectivity index (χ0n) is 14.8. The van der Waals surface area contributed by atoms with E-state index in [-0.39, 0.29) is 5.43 Å². The van der Waals surface area contributed by atoms with Crippen molar-refractivity contribution in [1.82, 2.24) is 14.5 Å². The van der Waals surface area contributed by atoms with E-state index < -0.39 is 0 Å². The third kappa shape index (κ3) is 2.54. The Balaban J connectivity index is 1.62. The molecule has 0 saturated carbocycles. The number of imidazole rings is 1. The average Bonchev–Trinajstić information content (AvgIpc) is 3.18. The van der Waals surface area contributed by atoms with Crippen LogP contribution in [0.4, 0.5) is 0 Å². The molecule has 27 heavy (non-hydrogen) atoms. The Morgan fingerprint density at radius 2 is 1.63 bits per heavy atom. The van der Waals surface area contributed by atoms with Crippen LogP contribution >= 0.6 is 0 Å². The van der Waals surface area contributed by atoms with E-state index in [2.05, 4.69) is 38.8 Å². The van der Waals surface area contributed by atoms with E-state index in [1.807, 2.05) is 55.6 Å². The summed E-state index contributed by atoms with van der Waals surface area (Å²) >= 11 is 0. The first-order valence-corrected chi connectivity index (χ1v) is 8.83. The van der Waals surface area contributed by atoms with Gasteiger partial charge >= 0.3 is 0 Å². The maximum atomic E-state index is 12.8. The second-order valence-electron chi connectivity index (χ2n) is 6.69. The summed E-state index contributed by atoms with van der Waals surface area (Å²) in [5.41, 5.74) is 6.09. The minimum atomic E-state index is 0.0823. The van der Waals surface area contributed by atoms with Crippen LogP contribution in [0.2, 0.25) is 0 Å². The average molecular weight is 351 g/mol. The number of aromatic nitrogens is 3. The van der Waals surface area contributed by atoms with Gasteiger partial charge in [-0.2, -0.15) is 0 Å². The highest BCUT2D eigenvalue weighted by atomic mass is 16.1. The molecule has 0 bridgehead atoms. The number of pyridine rings is 1. The molecule has 0 aliphatic heterocycles. The molecule has 130 valence electrons. The standard InChI is InChI=1S/C23H17N3O/c1-26-21-5-3-2-4-17(21)23(27)18-10-8-16(13-22(18)26)7-6-15-9-11-19-20(12-15)25-14-24-19/h2-14H,1H3,(H,24,25). The van der Waals surface area contributed by atoms with Crippen LogP contribution in [0, 0.1) is 0 Å². The molecule has 2 heterocycles. The molecule has 0 fully saturated rings. The number of nitrogens with one attached hydrogen (secondary N) is 1. The van der Waals surface area contributed by atoms with E-state index >= 15 is 0 Å². The van der Waals surface area contributed by atoms with E-state index in [1.165, 1.54) is 0 Å². The van der Waals surface area contributed by atoms with Gasteiger partial charge in [0.05, 0.1) is 28.4 Å². The molecule has 0 aliphatic rings. The molecule has 1 N–H and O–H groups in total. The van der Waals surface area contributed by atoms with Crippen molar-refractivity contribution in [1.29, 1.82) is 0 Å². The minimum Gasteiger partial charge on any atom is -0.345 e. The predicted molar refractivity (Wildman–Crippen MR) is 112 cm³/mol.